The van der Waals surface area contributed by atoms with E-state index in [1.54, 1.807) is 0 Å². The van der Waals surface area contributed by atoms with Crippen LogP contribution in [0.25, 0.3) is 0 Å². The first-order valence-electron chi connectivity index (χ1n) is 8.77. The lowest BCUT2D eigenvalue weighted by Gasteiger charge is -2.10. The molecule has 2 N–H and O–H groups in total. The van der Waals surface area contributed by atoms with Crippen LogP contribution in [0.15, 0.2) is 47.6 Å². The van der Waals surface area contributed by atoms with Crippen LogP contribution >= 0.6 is 0 Å². The second kappa shape index (κ2) is 8.91. The molecule has 30 heavy (non-hydrogen) atoms. The van der Waals surface area contributed by atoms with Gasteiger partial charge in [-0.05, 0) is 25.5 Å². The van der Waals surface area contributed by atoms with Crippen molar-refractivity contribution >= 4 is 5.84 Å². The van der Waals surface area contributed by atoms with E-state index in [-0.39, 0.29) is 24.3 Å². The van der Waals surface area contributed by atoms with Gasteiger partial charge in [0.1, 0.15) is 0 Å². The van der Waals surface area contributed by atoms with Crippen molar-refractivity contribution in [2.45, 2.75) is 20.4 Å². The number of pyridine rings is 1. The highest BCUT2D eigenvalue weighted by atomic mass is 19.2. The van der Waals surface area contributed by atoms with E-state index in [2.05, 4.69) is 9.98 Å². The third-order valence-electron chi connectivity index (χ3n) is 4.10. The van der Waals surface area contributed by atoms with E-state index in [1.165, 1.54) is 18.3 Å². The SMILES string of the molecule is Cc1cc(C)cc(CN=C(NO)c2ccc(Oc3c(F)c(F)cc(F)c3F)nc2)c1. The number of ether oxygens (including phenoxy) is 1. The van der Waals surface area contributed by atoms with Crippen LogP contribution in [0.2, 0.25) is 0 Å². The molecule has 0 aliphatic heterocycles. The van der Waals surface area contributed by atoms with E-state index >= 15 is 0 Å². The molecule has 0 unspecified atom stereocenters. The molecule has 0 aliphatic carbocycles. The summed E-state index contributed by atoms with van der Waals surface area (Å²) in [7, 11) is 0. The number of hydrogen-bond acceptors (Lipinski definition) is 4. The average molecular weight is 419 g/mol. The Hall–Kier alpha value is -3.46. The maximum Gasteiger partial charge on any atom is 0.219 e. The third kappa shape index (κ3) is 4.74. The van der Waals surface area contributed by atoms with Crippen LogP contribution in [0.4, 0.5) is 17.6 Å². The van der Waals surface area contributed by atoms with E-state index in [0.29, 0.717) is 5.56 Å². The first-order chi connectivity index (χ1) is 14.3. The summed E-state index contributed by atoms with van der Waals surface area (Å²) in [5.74, 6) is -7.98. The Labute approximate surface area is 169 Å². The van der Waals surface area contributed by atoms with Gasteiger partial charge in [-0.2, -0.15) is 8.78 Å². The molecular formula is C21H17F4N3O2. The molecule has 1 heterocycles. The summed E-state index contributed by atoms with van der Waals surface area (Å²) in [6, 6.07) is 8.64. The van der Waals surface area contributed by atoms with E-state index in [0.717, 1.165) is 16.7 Å². The molecule has 0 spiro atoms. The fraction of sp³-hybridized carbons (Fsp3) is 0.143. The number of rotatable bonds is 5. The molecule has 0 radical (unpaired) electrons. The van der Waals surface area contributed by atoms with Gasteiger partial charge < -0.3 is 4.74 Å². The quantitative estimate of drug-likeness (QED) is 0.201. The molecular weight excluding hydrogens is 402 g/mol. The number of aliphatic imine (C=N–C) groups is 1. The molecule has 1 aromatic heterocycles. The second-order valence-electron chi connectivity index (χ2n) is 6.56. The lowest BCUT2D eigenvalue weighted by atomic mass is 10.1. The number of hydroxylamine groups is 1. The van der Waals surface area contributed by atoms with Crippen molar-refractivity contribution in [3.8, 4) is 11.6 Å². The van der Waals surface area contributed by atoms with Crippen LogP contribution in [-0.4, -0.2) is 16.0 Å². The molecule has 0 bridgehead atoms. The lowest BCUT2D eigenvalue weighted by molar-refractivity contribution is 0.234. The van der Waals surface area contributed by atoms with Crippen molar-refractivity contribution in [2.75, 3.05) is 0 Å². The minimum Gasteiger partial charge on any atom is -0.433 e. The van der Waals surface area contributed by atoms with Gasteiger partial charge in [-0.25, -0.2) is 13.8 Å². The van der Waals surface area contributed by atoms with Crippen molar-refractivity contribution in [3.05, 3.63) is 88.1 Å². The van der Waals surface area contributed by atoms with Crippen molar-refractivity contribution in [1.82, 2.24) is 10.5 Å². The number of nitrogens with zero attached hydrogens (tertiary/aromatic N) is 2. The van der Waals surface area contributed by atoms with Crippen LogP contribution < -0.4 is 10.2 Å². The van der Waals surface area contributed by atoms with Crippen LogP contribution in [-0.2, 0) is 6.54 Å². The molecule has 0 fully saturated rings. The summed E-state index contributed by atoms with van der Waals surface area (Å²) < 4.78 is 58.8. The predicted octanol–water partition coefficient (Wildman–Crippen LogP) is 4.97. The Morgan fingerprint density at radius 3 is 2.17 bits per heavy atom. The molecule has 0 aliphatic rings. The highest BCUT2D eigenvalue weighted by Crippen LogP contribution is 2.30. The van der Waals surface area contributed by atoms with Gasteiger partial charge in [0.2, 0.25) is 23.3 Å². The minimum atomic E-state index is -1.67. The van der Waals surface area contributed by atoms with E-state index in [4.69, 9.17) is 4.74 Å². The molecule has 0 amide bonds. The fourth-order valence-electron chi connectivity index (χ4n) is 2.85. The van der Waals surface area contributed by atoms with Gasteiger partial charge in [-0.1, -0.05) is 29.3 Å². The Kier molecular flexibility index (Phi) is 6.31. The van der Waals surface area contributed by atoms with Gasteiger partial charge in [0, 0.05) is 23.9 Å². The topological polar surface area (TPSA) is 66.7 Å². The number of hydrogen-bond donors (Lipinski definition) is 2. The number of halogens is 4. The number of aromatic nitrogens is 1. The van der Waals surface area contributed by atoms with Crippen LogP contribution in [0.1, 0.15) is 22.3 Å². The summed E-state index contributed by atoms with van der Waals surface area (Å²) in [4.78, 5) is 8.12. The average Bonchev–Trinajstić information content (AvgIpc) is 2.70. The largest absolute Gasteiger partial charge is 0.433 e. The highest BCUT2D eigenvalue weighted by Gasteiger charge is 2.21. The van der Waals surface area contributed by atoms with Crippen molar-refractivity contribution in [2.24, 2.45) is 4.99 Å². The van der Waals surface area contributed by atoms with E-state index < -0.39 is 29.0 Å². The number of aryl methyl sites for hydroxylation is 2. The Morgan fingerprint density at radius 1 is 1.00 bits per heavy atom. The normalized spacial score (nSPS) is 11.5. The van der Waals surface area contributed by atoms with Crippen molar-refractivity contribution < 1.29 is 27.5 Å². The molecule has 9 heteroatoms. The van der Waals surface area contributed by atoms with Crippen LogP contribution in [0, 0.1) is 37.1 Å². The predicted molar refractivity (Wildman–Crippen MR) is 102 cm³/mol. The molecule has 156 valence electrons. The molecule has 2 aromatic carbocycles. The zero-order valence-electron chi connectivity index (χ0n) is 16.0. The van der Waals surface area contributed by atoms with Gasteiger partial charge in [-0.3, -0.25) is 15.7 Å². The number of benzene rings is 2. The summed E-state index contributed by atoms with van der Waals surface area (Å²) in [5, 5.41) is 9.38. The van der Waals surface area contributed by atoms with E-state index in [9.17, 15) is 22.8 Å². The summed E-state index contributed by atoms with van der Waals surface area (Å²) >= 11 is 0. The molecule has 0 atom stereocenters. The Morgan fingerprint density at radius 2 is 1.63 bits per heavy atom. The fourth-order valence-corrected chi connectivity index (χ4v) is 2.85. The summed E-state index contributed by atoms with van der Waals surface area (Å²) in [5.41, 5.74) is 5.41. The van der Waals surface area contributed by atoms with E-state index in [1.807, 2.05) is 37.5 Å². The zero-order valence-corrected chi connectivity index (χ0v) is 16.0. The monoisotopic (exact) mass is 419 g/mol. The van der Waals surface area contributed by atoms with Gasteiger partial charge in [-0.15, -0.1) is 0 Å². The smallest absolute Gasteiger partial charge is 0.219 e. The molecule has 5 nitrogen and oxygen atoms in total. The summed E-state index contributed by atoms with van der Waals surface area (Å²) in [6.45, 7) is 4.21. The maximum absolute atomic E-state index is 13.7. The minimum absolute atomic E-state index is 0.0828. The van der Waals surface area contributed by atoms with Crippen LogP contribution in [0.3, 0.4) is 0 Å². The first-order valence-corrected chi connectivity index (χ1v) is 8.77. The van der Waals surface area contributed by atoms with Crippen LogP contribution in [0.5, 0.6) is 11.6 Å². The molecule has 3 aromatic rings. The van der Waals surface area contributed by atoms with Gasteiger partial charge in [0.15, 0.2) is 17.5 Å². The highest BCUT2D eigenvalue weighted by molar-refractivity contribution is 5.97. The van der Waals surface area contributed by atoms with Crippen molar-refractivity contribution in [3.63, 3.8) is 0 Å². The molecule has 0 saturated heterocycles. The Balaban J connectivity index is 1.80. The lowest BCUT2D eigenvalue weighted by Crippen LogP contribution is -2.20. The molecule has 3 rings (SSSR count). The molecule has 0 saturated carbocycles. The van der Waals surface area contributed by atoms with Crippen molar-refractivity contribution in [1.29, 1.82) is 0 Å². The summed E-state index contributed by atoms with van der Waals surface area (Å²) in [6.07, 6.45) is 1.21. The maximum atomic E-state index is 13.7. The Bertz CT molecular complexity index is 1060. The first kappa shape index (κ1) is 21.3. The number of amidine groups is 1. The third-order valence-corrected chi connectivity index (χ3v) is 4.10. The number of nitrogens with one attached hydrogen (secondary N) is 1. The second-order valence-corrected chi connectivity index (χ2v) is 6.56. The zero-order chi connectivity index (χ0) is 21.8. The standard InChI is InChI=1S/C21H17F4N3O2/c1-11-5-12(2)7-13(6-11)9-27-21(28-29)14-3-4-17(26-10-14)30-20-18(24)15(22)8-16(23)19(20)25/h3-8,10,29H,9H2,1-2H3,(H,27,28). The van der Waals surface area contributed by atoms with Gasteiger partial charge in [0.25, 0.3) is 0 Å². The van der Waals surface area contributed by atoms with Gasteiger partial charge in [0.05, 0.1) is 6.54 Å². The van der Waals surface area contributed by atoms with Gasteiger partial charge >= 0.3 is 0 Å².